The summed E-state index contributed by atoms with van der Waals surface area (Å²) in [7, 11) is 5.94. The SMILES string of the molecule is COC(=O)CN1[C@H](c2ccc(OC)cc2)[C@H](C(=O)OC)N(c2ccccc2)[C@@H]1c1ccc(OC)cc1. The third-order valence-electron chi connectivity index (χ3n) is 6.44. The van der Waals surface area contributed by atoms with Crippen LogP contribution in [0.5, 0.6) is 11.5 Å². The first-order valence-electron chi connectivity index (χ1n) is 11.5. The zero-order chi connectivity index (χ0) is 25.7. The number of methoxy groups -OCH3 is 4. The largest absolute Gasteiger partial charge is 0.497 e. The maximum absolute atomic E-state index is 13.4. The number of para-hydroxylation sites is 1. The third-order valence-corrected chi connectivity index (χ3v) is 6.44. The molecule has 1 aliphatic heterocycles. The van der Waals surface area contributed by atoms with E-state index in [9.17, 15) is 9.59 Å². The fourth-order valence-corrected chi connectivity index (χ4v) is 4.76. The minimum atomic E-state index is -0.748. The number of esters is 2. The van der Waals surface area contributed by atoms with Crippen LogP contribution in [0, 0.1) is 0 Å². The van der Waals surface area contributed by atoms with E-state index in [1.165, 1.54) is 14.2 Å². The highest BCUT2D eigenvalue weighted by Crippen LogP contribution is 2.48. The topological polar surface area (TPSA) is 77.5 Å². The molecule has 3 aromatic carbocycles. The standard InChI is InChI=1S/C28H30N2O6/c1-33-22-14-10-19(11-15-22)25-26(28(32)36-4)30(21-8-6-5-7-9-21)27(29(25)18-24(31)35-3)20-12-16-23(34-2)17-13-20/h5-17,25-27H,18H2,1-4H3/t25-,26-,27-/m1/s1. The lowest BCUT2D eigenvalue weighted by molar-refractivity contribution is -0.145. The van der Waals surface area contributed by atoms with Crippen LogP contribution in [0.15, 0.2) is 78.9 Å². The van der Waals surface area contributed by atoms with Gasteiger partial charge in [-0.3, -0.25) is 9.69 Å². The van der Waals surface area contributed by atoms with Crippen LogP contribution in [0.25, 0.3) is 0 Å². The van der Waals surface area contributed by atoms with Crippen LogP contribution < -0.4 is 14.4 Å². The maximum atomic E-state index is 13.4. The average Bonchev–Trinajstić information content (AvgIpc) is 3.27. The average molecular weight is 491 g/mol. The minimum Gasteiger partial charge on any atom is -0.497 e. The van der Waals surface area contributed by atoms with Crippen molar-refractivity contribution in [2.75, 3.05) is 39.9 Å². The number of hydrogen-bond acceptors (Lipinski definition) is 8. The molecule has 4 rings (SSSR count). The van der Waals surface area contributed by atoms with Crippen molar-refractivity contribution in [3.8, 4) is 11.5 Å². The summed E-state index contributed by atoms with van der Waals surface area (Å²) in [5.74, 6) is 0.576. The first-order valence-corrected chi connectivity index (χ1v) is 11.5. The monoisotopic (exact) mass is 490 g/mol. The molecule has 3 aromatic rings. The molecule has 1 aliphatic rings. The van der Waals surface area contributed by atoms with Crippen LogP contribution in [-0.2, 0) is 19.1 Å². The number of nitrogens with zero attached hydrogens (tertiary/aromatic N) is 2. The van der Waals surface area contributed by atoms with Gasteiger partial charge in [-0.25, -0.2) is 4.79 Å². The number of benzene rings is 3. The smallest absolute Gasteiger partial charge is 0.330 e. The summed E-state index contributed by atoms with van der Waals surface area (Å²) in [6, 6.07) is 23.5. The van der Waals surface area contributed by atoms with Crippen molar-refractivity contribution >= 4 is 17.6 Å². The van der Waals surface area contributed by atoms with E-state index in [1.807, 2.05) is 88.7 Å². The molecular weight excluding hydrogens is 460 g/mol. The van der Waals surface area contributed by atoms with Gasteiger partial charge >= 0.3 is 11.9 Å². The van der Waals surface area contributed by atoms with Crippen LogP contribution >= 0.6 is 0 Å². The van der Waals surface area contributed by atoms with Gasteiger partial charge in [-0.15, -0.1) is 0 Å². The van der Waals surface area contributed by atoms with Crippen molar-refractivity contribution in [3.05, 3.63) is 90.0 Å². The van der Waals surface area contributed by atoms with E-state index in [1.54, 1.807) is 14.2 Å². The van der Waals surface area contributed by atoms with Crippen LogP contribution in [0.2, 0.25) is 0 Å². The normalized spacial score (nSPS) is 19.6. The molecule has 3 atom stereocenters. The lowest BCUT2D eigenvalue weighted by Gasteiger charge is -2.33. The van der Waals surface area contributed by atoms with Gasteiger partial charge in [-0.1, -0.05) is 42.5 Å². The van der Waals surface area contributed by atoms with E-state index in [0.717, 1.165) is 16.8 Å². The molecule has 36 heavy (non-hydrogen) atoms. The highest BCUT2D eigenvalue weighted by Gasteiger charge is 2.53. The molecule has 0 radical (unpaired) electrons. The van der Waals surface area contributed by atoms with Crippen molar-refractivity contribution < 1.29 is 28.5 Å². The molecular formula is C28H30N2O6. The Hall–Kier alpha value is -4.04. The van der Waals surface area contributed by atoms with E-state index >= 15 is 0 Å². The number of carbonyl (C=O) groups is 2. The number of carbonyl (C=O) groups excluding carboxylic acids is 2. The summed E-state index contributed by atoms with van der Waals surface area (Å²) in [6.45, 7) is -0.0410. The van der Waals surface area contributed by atoms with Gasteiger partial charge in [0.25, 0.3) is 0 Å². The summed E-state index contributed by atoms with van der Waals surface area (Å²) in [5, 5.41) is 0. The number of anilines is 1. The highest BCUT2D eigenvalue weighted by molar-refractivity contribution is 5.83. The number of hydrogen-bond donors (Lipinski definition) is 0. The zero-order valence-electron chi connectivity index (χ0n) is 20.8. The quantitative estimate of drug-likeness (QED) is 0.439. The predicted octanol–water partition coefficient (Wildman–Crippen LogP) is 3.98. The molecule has 0 bridgehead atoms. The van der Waals surface area contributed by atoms with Crippen LogP contribution in [0.1, 0.15) is 23.3 Å². The molecule has 1 saturated heterocycles. The second-order valence-electron chi connectivity index (χ2n) is 8.32. The molecule has 0 aliphatic carbocycles. The van der Waals surface area contributed by atoms with Crippen molar-refractivity contribution in [1.82, 2.24) is 4.90 Å². The Morgan fingerprint density at radius 1 is 0.722 bits per heavy atom. The van der Waals surface area contributed by atoms with Crippen molar-refractivity contribution in [1.29, 1.82) is 0 Å². The second-order valence-corrected chi connectivity index (χ2v) is 8.32. The van der Waals surface area contributed by atoms with Gasteiger partial charge in [0, 0.05) is 5.69 Å². The number of rotatable bonds is 8. The zero-order valence-corrected chi connectivity index (χ0v) is 20.8. The highest BCUT2D eigenvalue weighted by atomic mass is 16.5. The van der Waals surface area contributed by atoms with Gasteiger partial charge in [0.2, 0.25) is 0 Å². The Bertz CT molecular complexity index is 1170. The Morgan fingerprint density at radius 2 is 1.28 bits per heavy atom. The van der Waals surface area contributed by atoms with Crippen LogP contribution in [0.4, 0.5) is 5.69 Å². The van der Waals surface area contributed by atoms with E-state index in [0.29, 0.717) is 11.5 Å². The molecule has 188 valence electrons. The lowest BCUT2D eigenvalue weighted by Crippen LogP contribution is -2.41. The summed E-state index contributed by atoms with van der Waals surface area (Å²) in [6.07, 6.45) is -0.478. The lowest BCUT2D eigenvalue weighted by atomic mass is 9.98. The summed E-state index contributed by atoms with van der Waals surface area (Å²) >= 11 is 0. The number of ether oxygens (including phenoxy) is 4. The van der Waals surface area contributed by atoms with Gasteiger partial charge in [-0.2, -0.15) is 0 Å². The summed E-state index contributed by atoms with van der Waals surface area (Å²) in [4.78, 5) is 30.1. The molecule has 0 saturated carbocycles. The molecule has 0 aromatic heterocycles. The van der Waals surface area contributed by atoms with Crippen LogP contribution in [-0.4, -0.2) is 57.9 Å². The van der Waals surface area contributed by atoms with E-state index in [4.69, 9.17) is 18.9 Å². The molecule has 8 nitrogen and oxygen atoms in total. The Morgan fingerprint density at radius 3 is 1.78 bits per heavy atom. The second kappa shape index (κ2) is 11.1. The Labute approximate surface area is 210 Å². The Balaban J connectivity index is 1.95. The molecule has 0 unspecified atom stereocenters. The van der Waals surface area contributed by atoms with Crippen LogP contribution in [0.3, 0.4) is 0 Å². The van der Waals surface area contributed by atoms with Gasteiger partial charge in [0.05, 0.1) is 41.0 Å². The minimum absolute atomic E-state index is 0.0410. The van der Waals surface area contributed by atoms with Gasteiger partial charge in [-0.05, 0) is 47.5 Å². The van der Waals surface area contributed by atoms with Crippen molar-refractivity contribution in [2.24, 2.45) is 0 Å². The summed E-state index contributed by atoms with van der Waals surface area (Å²) < 4.78 is 21.1. The maximum Gasteiger partial charge on any atom is 0.330 e. The van der Waals surface area contributed by atoms with E-state index < -0.39 is 30.2 Å². The van der Waals surface area contributed by atoms with E-state index in [2.05, 4.69) is 0 Å². The molecule has 0 amide bonds. The first kappa shape index (κ1) is 25.1. The fourth-order valence-electron chi connectivity index (χ4n) is 4.76. The fraction of sp³-hybridized carbons (Fsp3) is 0.286. The third kappa shape index (κ3) is 4.85. The first-order chi connectivity index (χ1) is 17.5. The van der Waals surface area contributed by atoms with Gasteiger partial charge in [0.15, 0.2) is 0 Å². The summed E-state index contributed by atoms with van der Waals surface area (Å²) in [5.41, 5.74) is 2.54. The van der Waals surface area contributed by atoms with Crippen molar-refractivity contribution in [2.45, 2.75) is 18.2 Å². The molecule has 1 fully saturated rings. The molecule has 0 N–H and O–H groups in total. The van der Waals surface area contributed by atoms with Gasteiger partial charge < -0.3 is 23.8 Å². The van der Waals surface area contributed by atoms with E-state index in [-0.39, 0.29) is 6.54 Å². The molecule has 1 heterocycles. The van der Waals surface area contributed by atoms with Gasteiger partial charge in [0.1, 0.15) is 23.7 Å². The molecule has 0 spiro atoms. The molecule has 8 heteroatoms. The predicted molar refractivity (Wildman–Crippen MR) is 135 cm³/mol. The Kier molecular flexibility index (Phi) is 7.75. The van der Waals surface area contributed by atoms with Crippen molar-refractivity contribution in [3.63, 3.8) is 0 Å².